The van der Waals surface area contributed by atoms with E-state index < -0.39 is 12.0 Å². The van der Waals surface area contributed by atoms with Crippen molar-refractivity contribution in [2.75, 3.05) is 7.11 Å². The molecule has 0 aliphatic rings. The normalized spacial score (nSPS) is 12.7. The third kappa shape index (κ3) is 2.90. The third-order valence-corrected chi connectivity index (χ3v) is 3.02. The van der Waals surface area contributed by atoms with Crippen molar-refractivity contribution in [3.63, 3.8) is 0 Å². The van der Waals surface area contributed by atoms with Crippen LogP contribution in [0.2, 0.25) is 0 Å². The number of carboxylic acids is 1. The minimum atomic E-state index is -1.01. The highest BCUT2D eigenvalue weighted by atomic mass is 16.5. The Labute approximate surface area is 107 Å². The van der Waals surface area contributed by atoms with Crippen molar-refractivity contribution in [3.8, 4) is 5.75 Å². The molecule has 98 valence electrons. The van der Waals surface area contributed by atoms with Crippen LogP contribution in [0.25, 0.3) is 0 Å². The molecule has 0 spiro atoms. The van der Waals surface area contributed by atoms with Gasteiger partial charge in [0.25, 0.3) is 0 Å². The zero-order valence-corrected chi connectivity index (χ0v) is 11.2. The van der Waals surface area contributed by atoms with Crippen molar-refractivity contribution in [1.82, 2.24) is 0 Å². The van der Waals surface area contributed by atoms with Crippen LogP contribution in [0.3, 0.4) is 0 Å². The topological polar surface area (TPSA) is 72.5 Å². The summed E-state index contributed by atoms with van der Waals surface area (Å²) in [6.45, 7) is 5.91. The Morgan fingerprint density at radius 3 is 2.50 bits per heavy atom. The third-order valence-electron chi connectivity index (χ3n) is 3.02. The van der Waals surface area contributed by atoms with Crippen molar-refractivity contribution in [2.24, 2.45) is 5.73 Å². The van der Waals surface area contributed by atoms with Gasteiger partial charge in [0.15, 0.2) is 0 Å². The second-order valence-electron chi connectivity index (χ2n) is 4.31. The molecule has 0 saturated heterocycles. The van der Waals surface area contributed by atoms with Crippen molar-refractivity contribution in [2.45, 2.75) is 26.8 Å². The summed E-state index contributed by atoms with van der Waals surface area (Å²) >= 11 is 0. The minimum Gasteiger partial charge on any atom is -0.496 e. The Bertz CT molecular complexity index is 492. The number of nitrogens with two attached hydrogens (primary N) is 1. The SMILES string of the molecule is COc1c(C)c(C)cc(C)c1C(N)/C=C/C(=O)O. The standard InChI is InChI=1S/C14H19NO3/c1-8-7-9(2)13(14(18-4)10(8)3)11(15)5-6-12(16)17/h5-7,11H,15H2,1-4H3,(H,16,17)/b6-5+. The van der Waals surface area contributed by atoms with E-state index in [0.717, 1.165) is 34.1 Å². The van der Waals surface area contributed by atoms with Crippen molar-refractivity contribution >= 4 is 5.97 Å². The van der Waals surface area contributed by atoms with Crippen LogP contribution in [0.1, 0.15) is 28.3 Å². The van der Waals surface area contributed by atoms with Gasteiger partial charge in [0.1, 0.15) is 5.75 Å². The van der Waals surface area contributed by atoms with Crippen LogP contribution in [-0.2, 0) is 4.79 Å². The predicted octanol–water partition coefficient (Wildman–Crippen LogP) is 2.26. The molecule has 1 aromatic carbocycles. The number of benzene rings is 1. The highest BCUT2D eigenvalue weighted by Crippen LogP contribution is 2.33. The molecular formula is C14H19NO3. The summed E-state index contributed by atoms with van der Waals surface area (Å²) in [5.74, 6) is -0.277. The highest BCUT2D eigenvalue weighted by Gasteiger charge is 2.16. The molecular weight excluding hydrogens is 230 g/mol. The lowest BCUT2D eigenvalue weighted by Crippen LogP contribution is -2.12. The van der Waals surface area contributed by atoms with Gasteiger partial charge in [-0.3, -0.25) is 0 Å². The quantitative estimate of drug-likeness (QED) is 0.803. The van der Waals surface area contributed by atoms with Gasteiger partial charge < -0.3 is 15.6 Å². The number of ether oxygens (including phenoxy) is 1. The lowest BCUT2D eigenvalue weighted by molar-refractivity contribution is -0.131. The zero-order chi connectivity index (χ0) is 13.9. The molecule has 0 saturated carbocycles. The molecule has 0 amide bonds. The van der Waals surface area contributed by atoms with Gasteiger partial charge in [-0.2, -0.15) is 0 Å². The summed E-state index contributed by atoms with van der Waals surface area (Å²) in [6, 6.07) is 1.54. The van der Waals surface area contributed by atoms with Gasteiger partial charge in [0.2, 0.25) is 0 Å². The molecule has 4 nitrogen and oxygen atoms in total. The molecule has 0 radical (unpaired) electrons. The van der Waals surface area contributed by atoms with E-state index in [2.05, 4.69) is 0 Å². The Balaban J connectivity index is 3.31. The first-order valence-electron chi connectivity index (χ1n) is 5.69. The molecule has 0 aromatic heterocycles. The van der Waals surface area contributed by atoms with Gasteiger partial charge in [0, 0.05) is 11.6 Å². The van der Waals surface area contributed by atoms with Gasteiger partial charge in [0.05, 0.1) is 13.2 Å². The van der Waals surface area contributed by atoms with Crippen LogP contribution in [0, 0.1) is 20.8 Å². The van der Waals surface area contributed by atoms with Gasteiger partial charge in [-0.05, 0) is 37.5 Å². The van der Waals surface area contributed by atoms with Crippen LogP contribution in [0.15, 0.2) is 18.2 Å². The average Bonchev–Trinajstić information content (AvgIpc) is 2.30. The highest BCUT2D eigenvalue weighted by molar-refractivity contribution is 5.80. The number of methoxy groups -OCH3 is 1. The van der Waals surface area contributed by atoms with Gasteiger partial charge in [-0.25, -0.2) is 4.79 Å². The number of carboxylic acid groups (broad SMARTS) is 1. The zero-order valence-electron chi connectivity index (χ0n) is 11.2. The number of aryl methyl sites for hydroxylation is 2. The summed E-state index contributed by atoms with van der Waals surface area (Å²) in [6.07, 6.45) is 2.51. The smallest absolute Gasteiger partial charge is 0.328 e. The number of hydrogen-bond donors (Lipinski definition) is 2. The van der Waals surface area contributed by atoms with Crippen molar-refractivity contribution < 1.29 is 14.6 Å². The monoisotopic (exact) mass is 249 g/mol. The number of rotatable bonds is 4. The molecule has 18 heavy (non-hydrogen) atoms. The molecule has 1 unspecified atom stereocenters. The number of aliphatic carboxylic acids is 1. The minimum absolute atomic E-state index is 0.490. The first-order chi connectivity index (χ1) is 8.38. The first-order valence-corrected chi connectivity index (χ1v) is 5.69. The maximum Gasteiger partial charge on any atom is 0.328 e. The fourth-order valence-corrected chi connectivity index (χ4v) is 2.03. The summed E-state index contributed by atoms with van der Waals surface area (Å²) in [5, 5.41) is 8.63. The maximum absolute atomic E-state index is 10.5. The summed E-state index contributed by atoms with van der Waals surface area (Å²) in [7, 11) is 1.60. The van der Waals surface area contributed by atoms with E-state index in [1.165, 1.54) is 6.08 Å². The van der Waals surface area contributed by atoms with Crippen LogP contribution in [-0.4, -0.2) is 18.2 Å². The van der Waals surface area contributed by atoms with Crippen LogP contribution < -0.4 is 10.5 Å². The van der Waals surface area contributed by atoms with E-state index in [-0.39, 0.29) is 0 Å². The number of hydrogen-bond acceptors (Lipinski definition) is 3. The molecule has 0 bridgehead atoms. The van der Waals surface area contributed by atoms with Crippen molar-refractivity contribution in [1.29, 1.82) is 0 Å². The average molecular weight is 249 g/mol. The van der Waals surface area contributed by atoms with E-state index in [1.54, 1.807) is 7.11 Å². The first kappa shape index (κ1) is 14.3. The summed E-state index contributed by atoms with van der Waals surface area (Å²) < 4.78 is 5.40. The van der Waals surface area contributed by atoms with Gasteiger partial charge in [-0.15, -0.1) is 0 Å². The molecule has 0 fully saturated rings. The fourth-order valence-electron chi connectivity index (χ4n) is 2.03. The van der Waals surface area contributed by atoms with Crippen molar-refractivity contribution in [3.05, 3.63) is 40.5 Å². The fraction of sp³-hybridized carbons (Fsp3) is 0.357. The second-order valence-corrected chi connectivity index (χ2v) is 4.31. The van der Waals surface area contributed by atoms with E-state index in [0.29, 0.717) is 0 Å². The lowest BCUT2D eigenvalue weighted by Gasteiger charge is -2.19. The van der Waals surface area contributed by atoms with E-state index >= 15 is 0 Å². The van der Waals surface area contributed by atoms with Crippen LogP contribution >= 0.6 is 0 Å². The summed E-state index contributed by atoms with van der Waals surface area (Å²) in [4.78, 5) is 10.5. The van der Waals surface area contributed by atoms with Crippen LogP contribution in [0.4, 0.5) is 0 Å². The lowest BCUT2D eigenvalue weighted by atomic mass is 9.94. The molecule has 1 atom stereocenters. The molecule has 0 aliphatic carbocycles. The second kappa shape index (κ2) is 5.69. The van der Waals surface area contributed by atoms with Gasteiger partial charge >= 0.3 is 5.97 Å². The van der Waals surface area contributed by atoms with Gasteiger partial charge in [-0.1, -0.05) is 12.1 Å². The summed E-state index contributed by atoms with van der Waals surface area (Å²) in [5.41, 5.74) is 9.99. The van der Waals surface area contributed by atoms with E-state index in [4.69, 9.17) is 15.6 Å². The Morgan fingerprint density at radius 1 is 1.39 bits per heavy atom. The van der Waals surface area contributed by atoms with E-state index in [9.17, 15) is 4.79 Å². The molecule has 1 aromatic rings. The largest absolute Gasteiger partial charge is 0.496 e. The maximum atomic E-state index is 10.5. The Hall–Kier alpha value is -1.81. The molecule has 3 N–H and O–H groups in total. The molecule has 0 aliphatic heterocycles. The number of carbonyl (C=O) groups is 1. The predicted molar refractivity (Wildman–Crippen MR) is 70.9 cm³/mol. The Kier molecular flexibility index (Phi) is 4.50. The van der Waals surface area contributed by atoms with E-state index in [1.807, 2.05) is 26.8 Å². The molecule has 4 heteroatoms. The molecule has 0 heterocycles. The molecule has 1 rings (SSSR count). The Morgan fingerprint density at radius 2 is 2.00 bits per heavy atom. The van der Waals surface area contributed by atoms with Crippen LogP contribution in [0.5, 0.6) is 5.75 Å².